The van der Waals surface area contributed by atoms with Crippen molar-refractivity contribution < 1.29 is 14.7 Å². The van der Waals surface area contributed by atoms with Crippen LogP contribution < -0.4 is 5.32 Å². The van der Waals surface area contributed by atoms with Crippen LogP contribution in [-0.2, 0) is 9.59 Å². The summed E-state index contributed by atoms with van der Waals surface area (Å²) in [7, 11) is 0. The Bertz CT molecular complexity index is 371. The molecule has 1 fully saturated rings. The van der Waals surface area contributed by atoms with Crippen molar-refractivity contribution in [2.45, 2.75) is 38.9 Å². The third kappa shape index (κ3) is 1.94. The Labute approximate surface area is 93.5 Å². The van der Waals surface area contributed by atoms with E-state index >= 15 is 0 Å². The van der Waals surface area contributed by atoms with E-state index in [0.29, 0.717) is 5.70 Å². The van der Waals surface area contributed by atoms with Gasteiger partial charge in [0.1, 0.15) is 0 Å². The third-order valence-corrected chi connectivity index (χ3v) is 2.60. The maximum absolute atomic E-state index is 11.9. The fourth-order valence-corrected chi connectivity index (χ4v) is 1.75. The van der Waals surface area contributed by atoms with E-state index < -0.39 is 23.0 Å². The topological polar surface area (TPSA) is 92.7 Å². The molecule has 0 aromatic heterocycles. The lowest BCUT2D eigenvalue weighted by Gasteiger charge is -2.44. The fourth-order valence-electron chi connectivity index (χ4n) is 1.75. The van der Waals surface area contributed by atoms with Gasteiger partial charge in [-0.3, -0.25) is 4.79 Å². The van der Waals surface area contributed by atoms with Gasteiger partial charge in [-0.2, -0.15) is 0 Å². The number of nitrogens with zero attached hydrogens (tertiary/aromatic N) is 1. The average Bonchev–Trinajstić information content (AvgIpc) is 2.27. The molecular formula is C10H15N2O4-. The molecule has 0 radical (unpaired) electrons. The Kier molecular flexibility index (Phi) is 2.82. The highest BCUT2D eigenvalue weighted by molar-refractivity contribution is 6.37. The van der Waals surface area contributed by atoms with Gasteiger partial charge in [0.05, 0.1) is 5.66 Å². The smallest absolute Gasteiger partial charge is 0.376 e. The van der Waals surface area contributed by atoms with Crippen LogP contribution >= 0.6 is 0 Å². The number of hydrogen-bond acceptors (Lipinski definition) is 5. The maximum atomic E-state index is 11.9. The zero-order valence-electron chi connectivity index (χ0n) is 9.70. The van der Waals surface area contributed by atoms with Crippen molar-refractivity contribution in [3.8, 4) is 0 Å². The van der Waals surface area contributed by atoms with Crippen LogP contribution in [0.25, 0.3) is 0 Å². The summed E-state index contributed by atoms with van der Waals surface area (Å²) in [6, 6.07) is 0. The van der Waals surface area contributed by atoms with Gasteiger partial charge in [-0.05, 0) is 27.7 Å². The van der Waals surface area contributed by atoms with Gasteiger partial charge in [-0.1, -0.05) is 0 Å². The molecule has 0 saturated carbocycles. The summed E-state index contributed by atoms with van der Waals surface area (Å²) < 4.78 is 0. The first-order valence-electron chi connectivity index (χ1n) is 4.84. The average molecular weight is 227 g/mol. The summed E-state index contributed by atoms with van der Waals surface area (Å²) in [5.41, 5.74) is -1.47. The third-order valence-electron chi connectivity index (χ3n) is 2.60. The van der Waals surface area contributed by atoms with Crippen molar-refractivity contribution in [3.05, 3.63) is 17.0 Å². The number of rotatable bonds is 2. The Morgan fingerprint density at radius 2 is 1.88 bits per heavy atom. The summed E-state index contributed by atoms with van der Waals surface area (Å²) in [6.07, 6.45) is 0.960. The molecule has 1 aliphatic rings. The van der Waals surface area contributed by atoms with Gasteiger partial charge in [0.15, 0.2) is 0 Å². The number of hydroxylamine groups is 2. The van der Waals surface area contributed by atoms with E-state index in [9.17, 15) is 14.8 Å². The highest BCUT2D eigenvalue weighted by Crippen LogP contribution is 2.35. The molecule has 0 bridgehead atoms. The number of carboxylic acid groups (broad SMARTS) is 1. The van der Waals surface area contributed by atoms with Crippen molar-refractivity contribution >= 4 is 11.8 Å². The van der Waals surface area contributed by atoms with Gasteiger partial charge >= 0.3 is 5.97 Å². The summed E-state index contributed by atoms with van der Waals surface area (Å²) in [6.45, 7) is 6.58. The first-order chi connectivity index (χ1) is 7.09. The number of carboxylic acids is 1. The number of nitrogens with one attached hydrogen (secondary N) is 1. The zero-order chi connectivity index (χ0) is 12.7. The minimum absolute atomic E-state index is 0.319. The molecule has 0 atom stereocenters. The molecule has 1 saturated heterocycles. The van der Waals surface area contributed by atoms with Gasteiger partial charge in [-0.25, -0.2) is 4.79 Å². The van der Waals surface area contributed by atoms with Crippen LogP contribution in [0.1, 0.15) is 27.7 Å². The lowest BCUT2D eigenvalue weighted by Crippen LogP contribution is -2.47. The number of hydrogen-bond donors (Lipinski definition) is 2. The van der Waals surface area contributed by atoms with E-state index in [4.69, 9.17) is 5.11 Å². The monoisotopic (exact) mass is 227 g/mol. The van der Waals surface area contributed by atoms with Crippen LogP contribution in [0, 0.1) is 5.21 Å². The van der Waals surface area contributed by atoms with Crippen molar-refractivity contribution in [3.63, 3.8) is 0 Å². The molecule has 1 rings (SSSR count). The second-order valence-electron chi connectivity index (χ2n) is 4.76. The summed E-state index contributed by atoms with van der Waals surface area (Å²) in [5.74, 6) is -2.58. The number of carbonyl (C=O) groups is 2. The molecule has 1 heterocycles. The molecule has 6 nitrogen and oxygen atoms in total. The van der Waals surface area contributed by atoms with E-state index in [0.717, 1.165) is 11.1 Å². The molecule has 0 unspecified atom stereocenters. The molecular weight excluding hydrogens is 212 g/mol. The zero-order valence-corrected chi connectivity index (χ0v) is 9.70. The Morgan fingerprint density at radius 3 is 2.19 bits per heavy atom. The van der Waals surface area contributed by atoms with Crippen LogP contribution in [0.15, 0.2) is 11.8 Å². The van der Waals surface area contributed by atoms with Crippen molar-refractivity contribution in [1.29, 1.82) is 0 Å². The van der Waals surface area contributed by atoms with E-state index in [-0.39, 0.29) is 0 Å². The van der Waals surface area contributed by atoms with Crippen LogP contribution in [0.3, 0.4) is 0 Å². The lowest BCUT2D eigenvalue weighted by molar-refractivity contribution is -0.146. The fraction of sp³-hybridized carbons (Fsp3) is 0.600. The predicted octanol–water partition coefficient (Wildman–Crippen LogP) is 0.442. The summed E-state index contributed by atoms with van der Waals surface area (Å²) in [4.78, 5) is 21.5. The highest BCUT2D eigenvalue weighted by atomic mass is 16.5. The maximum Gasteiger partial charge on any atom is 0.376 e. The number of ketones is 1. The van der Waals surface area contributed by atoms with Gasteiger partial charge in [-0.15, -0.1) is 0 Å². The van der Waals surface area contributed by atoms with Gasteiger partial charge < -0.3 is 20.7 Å². The minimum atomic E-state index is -1.53. The van der Waals surface area contributed by atoms with Gasteiger partial charge in [0, 0.05) is 17.3 Å². The summed E-state index contributed by atoms with van der Waals surface area (Å²) in [5, 5.41) is 24.0. The minimum Gasteiger partial charge on any atom is -0.783 e. The number of carbonyl (C=O) groups excluding carboxylic acids is 1. The molecule has 0 aromatic carbocycles. The molecule has 0 aromatic rings. The Morgan fingerprint density at radius 1 is 1.38 bits per heavy atom. The molecule has 0 amide bonds. The molecule has 6 heteroatoms. The Hall–Kier alpha value is -1.40. The first kappa shape index (κ1) is 12.7. The van der Waals surface area contributed by atoms with E-state index in [2.05, 4.69) is 5.32 Å². The normalized spacial score (nSPS) is 25.4. The van der Waals surface area contributed by atoms with Crippen molar-refractivity contribution in [1.82, 2.24) is 10.4 Å². The second kappa shape index (κ2) is 3.57. The van der Waals surface area contributed by atoms with Crippen molar-refractivity contribution in [2.75, 3.05) is 0 Å². The lowest BCUT2D eigenvalue weighted by atomic mass is 10.0. The molecule has 16 heavy (non-hydrogen) atoms. The molecule has 0 spiro atoms. The summed E-state index contributed by atoms with van der Waals surface area (Å²) >= 11 is 0. The van der Waals surface area contributed by atoms with Crippen LogP contribution in [0.4, 0.5) is 0 Å². The first-order valence-corrected chi connectivity index (χ1v) is 4.84. The molecule has 90 valence electrons. The van der Waals surface area contributed by atoms with E-state index in [1.54, 1.807) is 27.7 Å². The SMILES string of the molecule is CC1(C)NC(=CC(=O)C(=O)O)C(C)(C)N1[O-]. The molecule has 0 aliphatic carbocycles. The standard InChI is InChI=1S/C10H15N2O4/c1-9(2)7(5-6(13)8(14)15)11-10(3,4)12(9)16/h5,11H,1-4H3,(H,14,15)/q-1. The van der Waals surface area contributed by atoms with E-state index in [1.165, 1.54) is 0 Å². The van der Waals surface area contributed by atoms with Gasteiger partial charge in [0.25, 0.3) is 5.78 Å². The predicted molar refractivity (Wildman–Crippen MR) is 57.2 cm³/mol. The van der Waals surface area contributed by atoms with Crippen LogP contribution in [0.2, 0.25) is 0 Å². The number of aliphatic carboxylic acids is 1. The molecule has 1 aliphatic heterocycles. The van der Waals surface area contributed by atoms with Crippen LogP contribution in [0.5, 0.6) is 0 Å². The highest BCUT2D eigenvalue weighted by Gasteiger charge is 2.42. The van der Waals surface area contributed by atoms with Gasteiger partial charge in [0.2, 0.25) is 0 Å². The van der Waals surface area contributed by atoms with Crippen molar-refractivity contribution in [2.24, 2.45) is 0 Å². The molecule has 2 N–H and O–H groups in total. The second-order valence-corrected chi connectivity index (χ2v) is 4.76. The largest absolute Gasteiger partial charge is 0.783 e. The Balaban J connectivity index is 3.09. The van der Waals surface area contributed by atoms with Crippen LogP contribution in [-0.4, -0.2) is 33.1 Å². The van der Waals surface area contributed by atoms with E-state index in [1.807, 2.05) is 0 Å². The quantitative estimate of drug-likeness (QED) is 0.525.